The summed E-state index contributed by atoms with van der Waals surface area (Å²) in [7, 11) is 0. The molecule has 0 amide bonds. The lowest BCUT2D eigenvalue weighted by atomic mass is 9.79. The molecule has 11 aromatic rings. The van der Waals surface area contributed by atoms with Gasteiger partial charge in [-0.3, -0.25) is 4.90 Å². The highest BCUT2D eigenvalue weighted by atomic mass is 16.3. The number of hydrogen-bond acceptors (Lipinski definition) is 4. The van der Waals surface area contributed by atoms with Crippen LogP contribution < -0.4 is 4.90 Å². The van der Waals surface area contributed by atoms with Crippen molar-refractivity contribution in [2.45, 2.75) is 78.6 Å². The fourth-order valence-electron chi connectivity index (χ4n) is 13.3. The topological polar surface area (TPSA) is 42.4 Å². The van der Waals surface area contributed by atoms with Gasteiger partial charge in [-0.15, -0.1) is 0 Å². The lowest BCUT2D eigenvalue weighted by molar-refractivity contribution is 0.651. The summed E-state index contributed by atoms with van der Waals surface area (Å²) in [5, 5.41) is 4.74. The van der Waals surface area contributed by atoms with Crippen molar-refractivity contribution in [3.05, 3.63) is 202 Å². The predicted octanol–water partition coefficient (Wildman–Crippen LogP) is 17.9. The highest BCUT2D eigenvalue weighted by Crippen LogP contribution is 2.60. The number of nitrogens with zero attached hydrogens (tertiary/aromatic N) is 2. The van der Waals surface area contributed by atoms with Crippen LogP contribution in [0.3, 0.4) is 0 Å². The summed E-state index contributed by atoms with van der Waals surface area (Å²) >= 11 is 0. The first-order chi connectivity index (χ1) is 33.2. The Morgan fingerprint density at radius 3 is 1.67 bits per heavy atom. The van der Waals surface area contributed by atoms with Gasteiger partial charge in [0.05, 0.1) is 0 Å². The molecule has 0 aliphatic heterocycles. The van der Waals surface area contributed by atoms with Gasteiger partial charge in [0.1, 0.15) is 28.1 Å². The zero-order valence-electron chi connectivity index (χ0n) is 40.6. The van der Waals surface area contributed by atoms with Crippen LogP contribution in [-0.4, -0.2) is 4.98 Å². The van der Waals surface area contributed by atoms with E-state index in [1.807, 2.05) is 12.3 Å². The minimum atomic E-state index is -0.313. The second-order valence-corrected chi connectivity index (χ2v) is 21.7. The van der Waals surface area contributed by atoms with Crippen molar-refractivity contribution in [3.63, 3.8) is 0 Å². The molecule has 0 spiro atoms. The molecule has 0 unspecified atom stereocenters. The molecule has 3 aliphatic carbocycles. The Balaban J connectivity index is 0.928. The average molecular weight is 893 g/mol. The van der Waals surface area contributed by atoms with E-state index in [0.29, 0.717) is 0 Å². The number of furan rings is 2. The summed E-state index contributed by atoms with van der Waals surface area (Å²) in [6, 6.07) is 54.0. The van der Waals surface area contributed by atoms with Crippen LogP contribution in [0.5, 0.6) is 0 Å². The third-order valence-electron chi connectivity index (χ3n) is 16.6. The Morgan fingerprint density at radius 1 is 0.406 bits per heavy atom. The van der Waals surface area contributed by atoms with Crippen molar-refractivity contribution in [2.75, 3.05) is 4.90 Å². The number of aromatic nitrogens is 1. The van der Waals surface area contributed by atoms with Gasteiger partial charge in [-0.1, -0.05) is 120 Å². The lowest BCUT2D eigenvalue weighted by Gasteiger charge is -2.29. The molecule has 3 heterocycles. The molecule has 0 radical (unpaired) electrons. The minimum absolute atomic E-state index is 0.174. The van der Waals surface area contributed by atoms with E-state index in [1.54, 1.807) is 0 Å². The lowest BCUT2D eigenvalue weighted by Crippen LogP contribution is -2.18. The summed E-state index contributed by atoms with van der Waals surface area (Å²) in [6.45, 7) is 21.0. The molecule has 0 N–H and O–H groups in total. The number of pyridine rings is 1. The maximum atomic E-state index is 6.90. The highest BCUT2D eigenvalue weighted by molar-refractivity contribution is 6.19. The molecule has 4 nitrogen and oxygen atoms in total. The number of aryl methyl sites for hydroxylation is 3. The van der Waals surface area contributed by atoms with Crippen molar-refractivity contribution in [1.82, 2.24) is 4.98 Å². The molecule has 4 heteroatoms. The Hall–Kier alpha value is -7.69. The zero-order valence-corrected chi connectivity index (χ0v) is 40.6. The van der Waals surface area contributed by atoms with Crippen LogP contribution in [0.1, 0.15) is 91.6 Å². The summed E-state index contributed by atoms with van der Waals surface area (Å²) in [4.78, 5) is 7.39. The van der Waals surface area contributed by atoms with Crippen LogP contribution in [0.25, 0.3) is 88.4 Å². The normalized spacial score (nSPS) is 15.4. The first kappa shape index (κ1) is 40.4. The van der Waals surface area contributed by atoms with Crippen LogP contribution in [0.2, 0.25) is 0 Å². The fraction of sp³-hybridized carbons (Fsp3) is 0.185. The SMILES string of the molecule is Cc1cc(C)c(-c2cc3c(c4c2oc2ccccc24)-c2ccc(N(c4ccc5c(c4)C(C)(C)c4cc6c(cc4-5)C(C)(C)c4ccc5oc7ccccc7c5c4-6)c4ccccn4)cc2C3(C)C)c(C)c1. The maximum Gasteiger partial charge on any atom is 0.143 e. The minimum Gasteiger partial charge on any atom is -0.456 e. The van der Waals surface area contributed by atoms with E-state index in [4.69, 9.17) is 13.8 Å². The Bertz CT molecular complexity index is 4060. The van der Waals surface area contributed by atoms with E-state index in [1.165, 1.54) is 105 Å². The van der Waals surface area contributed by atoms with Crippen LogP contribution in [-0.2, 0) is 16.2 Å². The first-order valence-electron chi connectivity index (χ1n) is 24.4. The molecular formula is C65H52N2O2. The molecule has 8 aromatic carbocycles. The number of rotatable bonds is 4. The standard InChI is InChI=1S/C65H52N2O2/c1-35-28-36(2)57(37(3)29-35)46-34-52-58(61-43-17-11-13-19-54(43)69-62(46)61)41-24-22-39(31-49(41)65(52,8)9)67(56-20-14-15-27-66-56)38-21-23-40-44-32-51-45(33-50(44)64(6,7)48(40)30-38)59-47(63(51,4)5)25-26-55-60(59)42-16-10-12-18-53(42)68-55/h10-34H,1-9H3. The van der Waals surface area contributed by atoms with Crippen molar-refractivity contribution < 1.29 is 8.83 Å². The summed E-state index contributed by atoms with van der Waals surface area (Å²) in [5.41, 5.74) is 27.2. The zero-order chi connectivity index (χ0) is 47.0. The van der Waals surface area contributed by atoms with Gasteiger partial charge >= 0.3 is 0 Å². The van der Waals surface area contributed by atoms with Crippen molar-refractivity contribution in [1.29, 1.82) is 0 Å². The third-order valence-corrected chi connectivity index (χ3v) is 16.6. The van der Waals surface area contributed by atoms with Gasteiger partial charge in [0.2, 0.25) is 0 Å². The van der Waals surface area contributed by atoms with Gasteiger partial charge in [0.15, 0.2) is 0 Å². The van der Waals surface area contributed by atoms with Crippen LogP contribution in [0.15, 0.2) is 161 Å². The number of hydrogen-bond donors (Lipinski definition) is 0. The molecule has 0 fully saturated rings. The van der Waals surface area contributed by atoms with Crippen molar-refractivity contribution >= 4 is 61.1 Å². The van der Waals surface area contributed by atoms with Gasteiger partial charge in [-0.05, 0) is 177 Å². The molecular weight excluding hydrogens is 841 g/mol. The third kappa shape index (κ3) is 5.27. The van der Waals surface area contributed by atoms with E-state index >= 15 is 0 Å². The largest absolute Gasteiger partial charge is 0.456 e. The second-order valence-electron chi connectivity index (χ2n) is 21.7. The van der Waals surface area contributed by atoms with Crippen LogP contribution in [0.4, 0.5) is 17.2 Å². The van der Waals surface area contributed by atoms with Gasteiger partial charge < -0.3 is 8.83 Å². The summed E-state index contributed by atoms with van der Waals surface area (Å²) in [6.07, 6.45) is 1.90. The van der Waals surface area contributed by atoms with Crippen molar-refractivity contribution in [3.8, 4) is 44.5 Å². The van der Waals surface area contributed by atoms with Gasteiger partial charge in [0.25, 0.3) is 0 Å². The van der Waals surface area contributed by atoms with Gasteiger partial charge in [0, 0.05) is 60.9 Å². The number of fused-ring (bicyclic) bond motifs is 17. The quantitative estimate of drug-likeness (QED) is 0.177. The smallest absolute Gasteiger partial charge is 0.143 e. The van der Waals surface area contributed by atoms with E-state index in [2.05, 4.69) is 207 Å². The van der Waals surface area contributed by atoms with E-state index in [0.717, 1.165) is 50.5 Å². The maximum absolute atomic E-state index is 6.90. The molecule has 0 atom stereocenters. The fourth-order valence-corrected chi connectivity index (χ4v) is 13.3. The summed E-state index contributed by atoms with van der Waals surface area (Å²) in [5.74, 6) is 0.878. The Morgan fingerprint density at radius 2 is 0.957 bits per heavy atom. The predicted molar refractivity (Wildman–Crippen MR) is 286 cm³/mol. The Kier molecular flexibility index (Phi) is 7.91. The number of anilines is 3. The van der Waals surface area contributed by atoms with Gasteiger partial charge in [-0.25, -0.2) is 4.98 Å². The van der Waals surface area contributed by atoms with E-state index < -0.39 is 0 Å². The number of para-hydroxylation sites is 2. The highest BCUT2D eigenvalue weighted by Gasteiger charge is 2.44. The van der Waals surface area contributed by atoms with E-state index in [9.17, 15) is 0 Å². The molecule has 3 aliphatic rings. The molecule has 0 saturated carbocycles. The van der Waals surface area contributed by atoms with Crippen molar-refractivity contribution in [2.24, 2.45) is 0 Å². The molecule has 0 bridgehead atoms. The molecule has 3 aromatic heterocycles. The number of benzene rings is 8. The first-order valence-corrected chi connectivity index (χ1v) is 24.4. The van der Waals surface area contributed by atoms with Crippen LogP contribution >= 0.6 is 0 Å². The monoisotopic (exact) mass is 892 g/mol. The Labute approximate surface area is 402 Å². The molecule has 334 valence electrons. The molecule has 69 heavy (non-hydrogen) atoms. The average Bonchev–Trinajstić information content (AvgIpc) is 4.08. The van der Waals surface area contributed by atoms with E-state index in [-0.39, 0.29) is 16.2 Å². The van der Waals surface area contributed by atoms with Crippen LogP contribution in [0, 0.1) is 20.8 Å². The van der Waals surface area contributed by atoms with Gasteiger partial charge in [-0.2, -0.15) is 0 Å². The molecule has 0 saturated heterocycles. The summed E-state index contributed by atoms with van der Waals surface area (Å²) < 4.78 is 13.4. The molecule has 14 rings (SSSR count). The second kappa shape index (κ2) is 13.5.